The third-order valence-electron chi connectivity index (χ3n) is 3.71. The van der Waals surface area contributed by atoms with Crippen LogP contribution < -0.4 is 10.6 Å². The number of carbonyl (C=O) groups excluding carboxylic acids is 2. The van der Waals surface area contributed by atoms with Crippen molar-refractivity contribution in [1.29, 1.82) is 0 Å². The fraction of sp³-hybridized carbons (Fsp3) is 0.300. The Kier molecular flexibility index (Phi) is 6.31. The molecule has 0 unspecified atom stereocenters. The molecule has 25 heavy (non-hydrogen) atoms. The quantitative estimate of drug-likeness (QED) is 0.851. The topological polar surface area (TPSA) is 61.4 Å². The van der Waals surface area contributed by atoms with E-state index >= 15 is 0 Å². The maximum Gasteiger partial charge on any atom is 0.255 e. The van der Waals surface area contributed by atoms with Crippen LogP contribution >= 0.6 is 0 Å². The summed E-state index contributed by atoms with van der Waals surface area (Å²) in [6.07, 6.45) is 0. The van der Waals surface area contributed by atoms with Crippen molar-refractivity contribution in [2.24, 2.45) is 0 Å². The fourth-order valence-electron chi connectivity index (χ4n) is 2.55. The highest BCUT2D eigenvalue weighted by molar-refractivity contribution is 6.06. The van der Waals surface area contributed by atoms with Gasteiger partial charge in [-0.15, -0.1) is 0 Å². The smallest absolute Gasteiger partial charge is 0.255 e. The first-order chi connectivity index (χ1) is 11.8. The van der Waals surface area contributed by atoms with Crippen molar-refractivity contribution >= 4 is 17.5 Å². The van der Waals surface area contributed by atoms with Crippen molar-refractivity contribution in [3.05, 3.63) is 64.7 Å². The molecule has 0 saturated heterocycles. The van der Waals surface area contributed by atoms with Crippen LogP contribution in [-0.4, -0.2) is 43.9 Å². The van der Waals surface area contributed by atoms with Crippen LogP contribution in [0.3, 0.4) is 0 Å². The van der Waals surface area contributed by atoms with Crippen molar-refractivity contribution in [2.75, 3.05) is 32.5 Å². The Labute approximate surface area is 149 Å². The zero-order valence-corrected chi connectivity index (χ0v) is 15.2. The predicted octanol–water partition coefficient (Wildman–Crippen LogP) is 2.85. The summed E-state index contributed by atoms with van der Waals surface area (Å²) < 4.78 is 0. The summed E-state index contributed by atoms with van der Waals surface area (Å²) in [7, 11) is 3.90. The average molecular weight is 339 g/mol. The zero-order chi connectivity index (χ0) is 18.4. The molecule has 0 aliphatic heterocycles. The predicted molar refractivity (Wildman–Crippen MR) is 101 cm³/mol. The van der Waals surface area contributed by atoms with E-state index in [9.17, 15) is 9.59 Å². The third kappa shape index (κ3) is 5.72. The number of benzene rings is 2. The molecule has 2 aromatic rings. The van der Waals surface area contributed by atoms with Gasteiger partial charge in [-0.3, -0.25) is 9.59 Å². The molecule has 0 aliphatic rings. The summed E-state index contributed by atoms with van der Waals surface area (Å²) in [5.74, 6) is -0.407. The van der Waals surface area contributed by atoms with Crippen LogP contribution in [0.5, 0.6) is 0 Å². The second kappa shape index (κ2) is 8.44. The van der Waals surface area contributed by atoms with Gasteiger partial charge in [0.2, 0.25) is 0 Å². The van der Waals surface area contributed by atoms with Gasteiger partial charge >= 0.3 is 0 Å². The van der Waals surface area contributed by atoms with Gasteiger partial charge in [0.15, 0.2) is 0 Å². The summed E-state index contributed by atoms with van der Waals surface area (Å²) in [5.41, 5.74) is 3.86. The van der Waals surface area contributed by atoms with Crippen molar-refractivity contribution in [2.45, 2.75) is 13.8 Å². The second-order valence-electron chi connectivity index (χ2n) is 6.47. The normalized spacial score (nSPS) is 10.6. The summed E-state index contributed by atoms with van der Waals surface area (Å²) >= 11 is 0. The lowest BCUT2D eigenvalue weighted by molar-refractivity contribution is 0.0951. The average Bonchev–Trinajstić information content (AvgIpc) is 2.53. The third-order valence-corrected chi connectivity index (χ3v) is 3.71. The Morgan fingerprint density at radius 1 is 0.920 bits per heavy atom. The lowest BCUT2D eigenvalue weighted by Gasteiger charge is -2.11. The minimum absolute atomic E-state index is 0.178. The number of rotatable bonds is 6. The van der Waals surface area contributed by atoms with Gasteiger partial charge in [-0.05, 0) is 69.4 Å². The molecule has 0 heterocycles. The van der Waals surface area contributed by atoms with E-state index in [1.807, 2.05) is 51.0 Å². The minimum Gasteiger partial charge on any atom is -0.351 e. The lowest BCUT2D eigenvalue weighted by Crippen LogP contribution is -2.31. The van der Waals surface area contributed by atoms with E-state index in [1.165, 1.54) is 0 Å². The number of nitrogens with one attached hydrogen (secondary N) is 2. The summed E-state index contributed by atoms with van der Waals surface area (Å²) in [6, 6.07) is 12.6. The molecule has 2 N–H and O–H groups in total. The molecule has 132 valence electrons. The van der Waals surface area contributed by atoms with Gasteiger partial charge in [-0.25, -0.2) is 0 Å². The van der Waals surface area contributed by atoms with E-state index in [-0.39, 0.29) is 11.8 Å². The van der Waals surface area contributed by atoms with Crippen LogP contribution in [-0.2, 0) is 0 Å². The summed E-state index contributed by atoms with van der Waals surface area (Å²) in [6.45, 7) is 5.30. The Bertz CT molecular complexity index is 749. The molecular weight excluding hydrogens is 314 g/mol. The number of aryl methyl sites for hydroxylation is 2. The van der Waals surface area contributed by atoms with Crippen molar-refractivity contribution in [3.8, 4) is 0 Å². The lowest BCUT2D eigenvalue weighted by atomic mass is 10.1. The van der Waals surface area contributed by atoms with E-state index in [0.29, 0.717) is 17.7 Å². The Morgan fingerprint density at radius 3 is 2.12 bits per heavy atom. The van der Waals surface area contributed by atoms with E-state index in [4.69, 9.17) is 0 Å². The molecule has 0 spiro atoms. The highest BCUT2D eigenvalue weighted by Crippen LogP contribution is 2.15. The number of likely N-dealkylation sites (N-methyl/N-ethyl adjacent to an activating group) is 1. The number of hydrogen-bond donors (Lipinski definition) is 2. The number of hydrogen-bond acceptors (Lipinski definition) is 3. The number of carbonyl (C=O) groups is 2. The molecule has 2 aromatic carbocycles. The highest BCUT2D eigenvalue weighted by atomic mass is 16.2. The molecule has 5 nitrogen and oxygen atoms in total. The van der Waals surface area contributed by atoms with E-state index < -0.39 is 0 Å². The van der Waals surface area contributed by atoms with Crippen LogP contribution in [0.4, 0.5) is 5.69 Å². The van der Waals surface area contributed by atoms with E-state index in [2.05, 4.69) is 10.6 Å². The molecule has 0 bridgehead atoms. The van der Waals surface area contributed by atoms with Crippen molar-refractivity contribution in [3.63, 3.8) is 0 Å². The van der Waals surface area contributed by atoms with Gasteiger partial charge in [0.25, 0.3) is 11.8 Å². The van der Waals surface area contributed by atoms with Gasteiger partial charge in [-0.1, -0.05) is 12.1 Å². The Hall–Kier alpha value is -2.66. The maximum atomic E-state index is 12.5. The number of nitrogens with zero attached hydrogens (tertiary/aromatic N) is 1. The second-order valence-corrected chi connectivity index (χ2v) is 6.47. The zero-order valence-electron chi connectivity index (χ0n) is 15.2. The number of anilines is 1. The first kappa shape index (κ1) is 18.7. The first-order valence-electron chi connectivity index (χ1n) is 8.28. The molecule has 0 atom stereocenters. The maximum absolute atomic E-state index is 12.5. The van der Waals surface area contributed by atoms with E-state index in [1.54, 1.807) is 24.3 Å². The standard InChI is InChI=1S/C20H25N3O2/c1-14-10-15(2)12-18(11-14)22-20(25)17-7-5-6-16(13-17)19(24)21-8-9-23(3)4/h5-7,10-13H,8-9H2,1-4H3,(H,21,24)(H,22,25). The Morgan fingerprint density at radius 2 is 1.52 bits per heavy atom. The molecule has 0 radical (unpaired) electrons. The SMILES string of the molecule is Cc1cc(C)cc(NC(=O)c2cccc(C(=O)NCCN(C)C)c2)c1. The molecule has 0 fully saturated rings. The van der Waals surface area contributed by atoms with Crippen LogP contribution in [0.2, 0.25) is 0 Å². The Balaban J connectivity index is 2.06. The van der Waals surface area contributed by atoms with Crippen LogP contribution in [0.1, 0.15) is 31.8 Å². The molecule has 2 rings (SSSR count). The van der Waals surface area contributed by atoms with Gasteiger partial charge in [0.1, 0.15) is 0 Å². The highest BCUT2D eigenvalue weighted by Gasteiger charge is 2.11. The summed E-state index contributed by atoms with van der Waals surface area (Å²) in [5, 5.41) is 5.74. The molecular formula is C20H25N3O2. The van der Waals surface area contributed by atoms with Crippen LogP contribution in [0, 0.1) is 13.8 Å². The van der Waals surface area contributed by atoms with Crippen molar-refractivity contribution < 1.29 is 9.59 Å². The monoisotopic (exact) mass is 339 g/mol. The molecule has 0 aromatic heterocycles. The number of amides is 2. The molecule has 0 aliphatic carbocycles. The van der Waals surface area contributed by atoms with Crippen molar-refractivity contribution in [1.82, 2.24) is 10.2 Å². The van der Waals surface area contributed by atoms with E-state index in [0.717, 1.165) is 23.4 Å². The molecule has 2 amide bonds. The minimum atomic E-state index is -0.229. The van der Waals surface area contributed by atoms with Crippen LogP contribution in [0.25, 0.3) is 0 Å². The van der Waals surface area contributed by atoms with Gasteiger partial charge in [0.05, 0.1) is 0 Å². The largest absolute Gasteiger partial charge is 0.351 e. The van der Waals surface area contributed by atoms with Gasteiger partial charge in [0, 0.05) is 29.9 Å². The molecule has 5 heteroatoms. The fourth-order valence-corrected chi connectivity index (χ4v) is 2.55. The first-order valence-corrected chi connectivity index (χ1v) is 8.28. The van der Waals surface area contributed by atoms with Crippen LogP contribution in [0.15, 0.2) is 42.5 Å². The van der Waals surface area contributed by atoms with Gasteiger partial charge in [-0.2, -0.15) is 0 Å². The summed E-state index contributed by atoms with van der Waals surface area (Å²) in [4.78, 5) is 26.6. The molecule has 0 saturated carbocycles. The van der Waals surface area contributed by atoms with Gasteiger partial charge < -0.3 is 15.5 Å².